The summed E-state index contributed by atoms with van der Waals surface area (Å²) in [4.78, 5) is 21.2. The van der Waals surface area contributed by atoms with E-state index in [4.69, 9.17) is 21.1 Å². The summed E-state index contributed by atoms with van der Waals surface area (Å²) in [5.41, 5.74) is -0.0596. The van der Waals surface area contributed by atoms with Crippen molar-refractivity contribution in [1.29, 1.82) is 0 Å². The van der Waals surface area contributed by atoms with E-state index in [9.17, 15) is 4.79 Å². The molecule has 0 aliphatic carbocycles. The lowest BCUT2D eigenvalue weighted by Gasteiger charge is -2.46. The van der Waals surface area contributed by atoms with Crippen LogP contribution in [0.3, 0.4) is 0 Å². The van der Waals surface area contributed by atoms with Crippen molar-refractivity contribution in [2.75, 3.05) is 43.1 Å². The first-order valence-electron chi connectivity index (χ1n) is 8.97. The van der Waals surface area contributed by atoms with E-state index in [0.29, 0.717) is 22.8 Å². The molecule has 26 heavy (non-hydrogen) atoms. The van der Waals surface area contributed by atoms with Crippen molar-refractivity contribution in [2.24, 2.45) is 0 Å². The van der Waals surface area contributed by atoms with Crippen LogP contribution < -0.4 is 10.2 Å². The first kappa shape index (κ1) is 19.2. The Morgan fingerprint density at radius 2 is 2.12 bits per heavy atom. The summed E-state index contributed by atoms with van der Waals surface area (Å²) in [7, 11) is 0. The molecule has 8 heteroatoms. The molecular weight excluding hydrogens is 356 g/mol. The van der Waals surface area contributed by atoms with Crippen molar-refractivity contribution in [3.8, 4) is 0 Å². The molecule has 144 valence electrons. The second-order valence-corrected chi connectivity index (χ2v) is 8.29. The van der Waals surface area contributed by atoms with Gasteiger partial charge in [-0.25, -0.2) is 9.78 Å². The number of hydrogen-bond donors (Lipinski definition) is 1. The largest absolute Gasteiger partial charge is 0.444 e. The molecule has 0 radical (unpaired) electrons. The molecular formula is C18H27ClN4O3. The zero-order valence-electron chi connectivity index (χ0n) is 15.8. The second kappa shape index (κ2) is 7.58. The van der Waals surface area contributed by atoms with Crippen molar-refractivity contribution < 1.29 is 14.3 Å². The van der Waals surface area contributed by atoms with Crippen LogP contribution in [0.25, 0.3) is 0 Å². The number of aromatic nitrogens is 1. The molecule has 1 atom stereocenters. The fourth-order valence-electron chi connectivity index (χ4n) is 3.19. The number of nitrogens with one attached hydrogen (secondary N) is 1. The Bertz CT molecular complexity index is 660. The molecule has 0 saturated carbocycles. The average molecular weight is 383 g/mol. The molecule has 1 N–H and O–H groups in total. The van der Waals surface area contributed by atoms with E-state index < -0.39 is 11.7 Å². The molecule has 2 aliphatic rings. The van der Waals surface area contributed by atoms with Gasteiger partial charge in [-0.2, -0.15) is 0 Å². The van der Waals surface area contributed by atoms with Crippen LogP contribution in [-0.4, -0.2) is 66.5 Å². The standard InChI is InChI=1S/C18H27ClN4O3/c1-12-9-22(13-10-25-11-13)5-6-23(12)16-7-15(14(19)8-20-16)21-17(24)26-18(2,3)4/h7-8,12-13H,5-6,9-11H2,1-4H3,(H,20,21,24)/t12-/m0/s1. The third kappa shape index (κ3) is 4.58. The van der Waals surface area contributed by atoms with E-state index in [0.717, 1.165) is 38.7 Å². The predicted molar refractivity (Wildman–Crippen MR) is 102 cm³/mol. The highest BCUT2D eigenvalue weighted by Crippen LogP contribution is 2.28. The van der Waals surface area contributed by atoms with Gasteiger partial charge in [0.15, 0.2) is 0 Å². The molecule has 1 aromatic rings. The van der Waals surface area contributed by atoms with Crippen molar-refractivity contribution in [3.63, 3.8) is 0 Å². The van der Waals surface area contributed by atoms with Gasteiger partial charge in [0.05, 0.1) is 36.2 Å². The Morgan fingerprint density at radius 1 is 1.38 bits per heavy atom. The number of piperazine rings is 1. The highest BCUT2D eigenvalue weighted by atomic mass is 35.5. The number of amides is 1. The SMILES string of the molecule is C[C@H]1CN(C2COC2)CCN1c1cc(NC(=O)OC(C)(C)C)c(Cl)cn1. The molecule has 1 amide bonds. The number of anilines is 2. The maximum Gasteiger partial charge on any atom is 0.412 e. The van der Waals surface area contributed by atoms with Crippen LogP contribution in [0, 0.1) is 0 Å². The van der Waals surface area contributed by atoms with E-state index in [1.807, 2.05) is 26.8 Å². The van der Waals surface area contributed by atoms with Gasteiger partial charge in [-0.1, -0.05) is 11.6 Å². The van der Waals surface area contributed by atoms with Crippen LogP contribution in [-0.2, 0) is 9.47 Å². The quantitative estimate of drug-likeness (QED) is 0.866. The van der Waals surface area contributed by atoms with Gasteiger partial charge >= 0.3 is 6.09 Å². The van der Waals surface area contributed by atoms with E-state index in [1.165, 1.54) is 0 Å². The van der Waals surface area contributed by atoms with Gasteiger partial charge in [-0.05, 0) is 27.7 Å². The number of pyridine rings is 1. The molecule has 0 aromatic carbocycles. The minimum absolute atomic E-state index is 0.312. The fourth-order valence-corrected chi connectivity index (χ4v) is 3.34. The molecule has 7 nitrogen and oxygen atoms in total. The second-order valence-electron chi connectivity index (χ2n) is 7.88. The number of carbonyl (C=O) groups excluding carboxylic acids is 1. The van der Waals surface area contributed by atoms with Gasteiger partial charge in [-0.3, -0.25) is 10.2 Å². The molecule has 2 aliphatic heterocycles. The van der Waals surface area contributed by atoms with E-state index in [-0.39, 0.29) is 0 Å². The summed E-state index contributed by atoms with van der Waals surface area (Å²) in [6, 6.07) is 2.67. The Morgan fingerprint density at radius 3 is 2.69 bits per heavy atom. The normalized spacial score (nSPS) is 22.0. The number of ether oxygens (including phenoxy) is 2. The van der Waals surface area contributed by atoms with Crippen LogP contribution in [0.5, 0.6) is 0 Å². The first-order valence-corrected chi connectivity index (χ1v) is 9.35. The predicted octanol–water partition coefficient (Wildman–Crippen LogP) is 2.99. The minimum Gasteiger partial charge on any atom is -0.444 e. The van der Waals surface area contributed by atoms with Gasteiger partial charge in [0.1, 0.15) is 11.4 Å². The van der Waals surface area contributed by atoms with Gasteiger partial charge in [-0.15, -0.1) is 0 Å². The summed E-state index contributed by atoms with van der Waals surface area (Å²) in [5, 5.41) is 3.11. The van der Waals surface area contributed by atoms with Crippen LogP contribution >= 0.6 is 11.6 Å². The summed E-state index contributed by atoms with van der Waals surface area (Å²) in [6.07, 6.45) is 1.04. The van der Waals surface area contributed by atoms with E-state index >= 15 is 0 Å². The average Bonchev–Trinajstić information content (AvgIpc) is 2.46. The summed E-state index contributed by atoms with van der Waals surface area (Å²) >= 11 is 6.20. The number of nitrogens with zero attached hydrogens (tertiary/aromatic N) is 3. The number of halogens is 1. The summed E-state index contributed by atoms with van der Waals surface area (Å²) < 4.78 is 10.6. The van der Waals surface area contributed by atoms with Crippen LogP contribution in [0.4, 0.5) is 16.3 Å². The Balaban J connectivity index is 1.68. The third-order valence-corrected chi connectivity index (χ3v) is 4.87. The lowest BCUT2D eigenvalue weighted by molar-refractivity contribution is -0.0692. The van der Waals surface area contributed by atoms with Crippen LogP contribution in [0.1, 0.15) is 27.7 Å². The van der Waals surface area contributed by atoms with Crippen molar-refractivity contribution in [2.45, 2.75) is 45.4 Å². The molecule has 3 heterocycles. The highest BCUT2D eigenvalue weighted by Gasteiger charge is 2.32. The highest BCUT2D eigenvalue weighted by molar-refractivity contribution is 6.33. The van der Waals surface area contributed by atoms with Crippen molar-refractivity contribution in [1.82, 2.24) is 9.88 Å². The lowest BCUT2D eigenvalue weighted by atomic mass is 10.1. The summed E-state index contributed by atoms with van der Waals surface area (Å²) in [6.45, 7) is 12.1. The molecule has 0 unspecified atom stereocenters. The first-order chi connectivity index (χ1) is 12.2. The van der Waals surface area contributed by atoms with Crippen molar-refractivity contribution in [3.05, 3.63) is 17.3 Å². The Hall–Kier alpha value is -1.57. The van der Waals surface area contributed by atoms with E-state index in [1.54, 1.807) is 6.20 Å². The third-order valence-electron chi connectivity index (χ3n) is 4.57. The Kier molecular flexibility index (Phi) is 5.60. The van der Waals surface area contributed by atoms with Gasteiger partial charge < -0.3 is 14.4 Å². The maximum absolute atomic E-state index is 12.0. The van der Waals surface area contributed by atoms with Crippen molar-refractivity contribution >= 4 is 29.2 Å². The van der Waals surface area contributed by atoms with Gasteiger partial charge in [0.2, 0.25) is 0 Å². The smallest absolute Gasteiger partial charge is 0.412 e. The van der Waals surface area contributed by atoms with E-state index in [2.05, 4.69) is 27.0 Å². The summed E-state index contributed by atoms with van der Waals surface area (Å²) in [5.74, 6) is 0.803. The lowest BCUT2D eigenvalue weighted by Crippen LogP contribution is -2.59. The molecule has 2 fully saturated rings. The van der Waals surface area contributed by atoms with Crippen LogP contribution in [0.15, 0.2) is 12.3 Å². The minimum atomic E-state index is -0.567. The van der Waals surface area contributed by atoms with Crippen LogP contribution in [0.2, 0.25) is 5.02 Å². The molecule has 0 bridgehead atoms. The maximum atomic E-state index is 12.0. The fraction of sp³-hybridized carbons (Fsp3) is 0.667. The monoisotopic (exact) mass is 382 g/mol. The number of rotatable bonds is 3. The number of hydrogen-bond acceptors (Lipinski definition) is 6. The van der Waals surface area contributed by atoms with Gasteiger partial charge in [0, 0.05) is 31.7 Å². The topological polar surface area (TPSA) is 66.9 Å². The zero-order chi connectivity index (χ0) is 18.9. The molecule has 3 rings (SSSR count). The zero-order valence-corrected chi connectivity index (χ0v) is 16.5. The Labute approximate surface area is 159 Å². The van der Waals surface area contributed by atoms with Gasteiger partial charge in [0.25, 0.3) is 0 Å². The molecule has 0 spiro atoms. The molecule has 1 aromatic heterocycles. The number of carbonyl (C=O) groups is 1. The molecule has 2 saturated heterocycles.